The average molecular weight is 524 g/mol. The molecule has 1 spiro atoms. The zero-order valence-electron chi connectivity index (χ0n) is 18.1. The van der Waals surface area contributed by atoms with Crippen LogP contribution in [0.2, 0.25) is 0 Å². The van der Waals surface area contributed by atoms with Crippen molar-refractivity contribution in [2.45, 2.75) is 53.1 Å². The van der Waals surface area contributed by atoms with Crippen molar-refractivity contribution in [1.29, 1.82) is 0 Å². The van der Waals surface area contributed by atoms with Crippen molar-refractivity contribution in [3.63, 3.8) is 0 Å². The Kier molecular flexibility index (Phi) is 7.17. The Morgan fingerprint density at radius 1 is 1.22 bits per heavy atom. The van der Waals surface area contributed by atoms with E-state index in [0.717, 1.165) is 12.0 Å². The van der Waals surface area contributed by atoms with E-state index in [1.165, 1.54) is 0 Å². The van der Waals surface area contributed by atoms with Crippen LogP contribution in [0.15, 0.2) is 30.3 Å². The third-order valence-corrected chi connectivity index (χ3v) is 10.2. The Morgan fingerprint density at radius 2 is 1.97 bits per heavy atom. The molecule has 2 bridgehead atoms. The molecule has 3 aliphatic heterocycles. The van der Waals surface area contributed by atoms with E-state index in [-0.39, 0.29) is 34.4 Å². The lowest BCUT2D eigenvalue weighted by atomic mass is 9.70. The molecule has 3 N–H and O–H groups in total. The van der Waals surface area contributed by atoms with Crippen LogP contribution in [0.5, 0.6) is 0 Å². The first kappa shape index (κ1) is 23.6. The number of hydrogen-bond donors (Lipinski definition) is 3. The van der Waals surface area contributed by atoms with Crippen molar-refractivity contribution in [3.05, 3.63) is 35.9 Å². The maximum atomic E-state index is 13.6. The zero-order chi connectivity index (χ0) is 22.9. The van der Waals surface area contributed by atoms with Gasteiger partial charge in [0.2, 0.25) is 17.7 Å². The number of benzene rings is 1. The molecule has 3 aliphatic rings. The van der Waals surface area contributed by atoms with Crippen molar-refractivity contribution in [2.24, 2.45) is 11.8 Å². The van der Waals surface area contributed by atoms with Crippen molar-refractivity contribution in [1.82, 2.24) is 15.5 Å². The lowest BCUT2D eigenvalue weighted by Crippen LogP contribution is -2.54. The van der Waals surface area contributed by atoms with E-state index in [2.05, 4.69) is 26.6 Å². The molecule has 9 heteroatoms. The van der Waals surface area contributed by atoms with Crippen LogP contribution in [0.1, 0.15) is 31.2 Å². The number of nitrogens with zero attached hydrogens (tertiary/aromatic N) is 1. The molecule has 0 saturated carbocycles. The molecule has 1 aromatic rings. The minimum atomic E-state index is -0.609. The molecule has 0 radical (unpaired) electrons. The maximum Gasteiger partial charge on any atom is 0.244 e. The van der Waals surface area contributed by atoms with Crippen LogP contribution in [-0.2, 0) is 20.9 Å². The van der Waals surface area contributed by atoms with Gasteiger partial charge in [0.25, 0.3) is 0 Å². The van der Waals surface area contributed by atoms with Gasteiger partial charge in [0, 0.05) is 36.8 Å². The number of hydrogen-bond acceptors (Lipinski definition) is 5. The first-order valence-corrected chi connectivity index (χ1v) is 13.0. The van der Waals surface area contributed by atoms with Crippen LogP contribution < -0.4 is 10.6 Å². The number of fused-ring (bicyclic) bond motifs is 1. The number of amides is 3. The second-order valence-electron chi connectivity index (χ2n) is 8.80. The number of unbranched alkanes of at least 4 members (excludes halogenated alkanes) is 2. The summed E-state index contributed by atoms with van der Waals surface area (Å²) in [6.07, 6.45) is 2.85. The molecule has 3 amide bonds. The summed E-state index contributed by atoms with van der Waals surface area (Å²) in [5, 5.41) is 14.9. The minimum Gasteiger partial charge on any atom is -0.396 e. The Morgan fingerprint density at radius 3 is 2.66 bits per heavy atom. The average Bonchev–Trinajstić information content (AvgIpc) is 3.39. The predicted molar refractivity (Wildman–Crippen MR) is 127 cm³/mol. The molecule has 3 unspecified atom stereocenters. The summed E-state index contributed by atoms with van der Waals surface area (Å²) in [4.78, 5) is 41.8. The van der Waals surface area contributed by atoms with Gasteiger partial charge in [0.05, 0.1) is 16.6 Å². The SMILES string of the molecule is CNC(=O)[C@H]1[C@H]2C(=O)N(CCCCCO)C(C(=O)NCc3ccccc3)C23CC(Br)[C@@H]1S3. The Bertz CT molecular complexity index is 872. The van der Waals surface area contributed by atoms with Gasteiger partial charge in [0.15, 0.2) is 0 Å². The van der Waals surface area contributed by atoms with Crippen molar-refractivity contribution >= 4 is 45.4 Å². The number of thioether (sulfide) groups is 1. The number of rotatable bonds is 9. The zero-order valence-corrected chi connectivity index (χ0v) is 20.5. The highest BCUT2D eigenvalue weighted by Gasteiger charge is 2.75. The fourth-order valence-electron chi connectivity index (χ4n) is 5.59. The molecule has 0 aliphatic carbocycles. The van der Waals surface area contributed by atoms with Gasteiger partial charge in [-0.1, -0.05) is 46.3 Å². The minimum absolute atomic E-state index is 0.0233. The monoisotopic (exact) mass is 523 g/mol. The number of aliphatic hydroxyl groups is 1. The fourth-order valence-corrected chi connectivity index (χ4v) is 9.20. The number of carbonyl (C=O) groups excluding carboxylic acids is 3. The first-order chi connectivity index (χ1) is 15.4. The molecule has 174 valence electrons. The summed E-state index contributed by atoms with van der Waals surface area (Å²) in [6, 6.07) is 9.10. The van der Waals surface area contributed by atoms with Crippen LogP contribution in [-0.4, -0.2) is 68.8 Å². The van der Waals surface area contributed by atoms with Crippen molar-refractivity contribution in [3.8, 4) is 0 Å². The van der Waals surface area contributed by atoms with E-state index >= 15 is 0 Å². The van der Waals surface area contributed by atoms with E-state index in [4.69, 9.17) is 5.11 Å². The Balaban J connectivity index is 1.61. The standard InChI is InChI=1S/C23H30BrN3O4S/c1-25-20(29)16-17-22(31)27(10-6-3-7-11-28)19(23(17)12-15(24)18(16)32-23)21(30)26-13-14-8-4-2-5-9-14/h2,4-5,8-9,15-19,28H,3,6-7,10-13H2,1H3,(H,25,29)(H,26,30)/t15?,16-,17-,18-,19?,23?/m0/s1. The van der Waals surface area contributed by atoms with Gasteiger partial charge in [0.1, 0.15) is 6.04 Å². The summed E-state index contributed by atoms with van der Waals surface area (Å²) < 4.78 is -0.606. The highest BCUT2D eigenvalue weighted by molar-refractivity contribution is 9.09. The second kappa shape index (κ2) is 9.73. The molecule has 0 aromatic heterocycles. The summed E-state index contributed by atoms with van der Waals surface area (Å²) >= 11 is 5.39. The van der Waals surface area contributed by atoms with Gasteiger partial charge >= 0.3 is 0 Å². The molecule has 7 nitrogen and oxygen atoms in total. The molecule has 4 rings (SSSR count). The predicted octanol–water partition coefficient (Wildman–Crippen LogP) is 1.68. The van der Waals surface area contributed by atoms with E-state index in [9.17, 15) is 14.4 Å². The number of carbonyl (C=O) groups is 3. The van der Waals surface area contributed by atoms with Gasteiger partial charge in [-0.3, -0.25) is 14.4 Å². The molecule has 3 saturated heterocycles. The summed E-state index contributed by atoms with van der Waals surface area (Å²) in [5.74, 6) is -1.30. The maximum absolute atomic E-state index is 13.6. The summed E-state index contributed by atoms with van der Waals surface area (Å²) in [5.41, 5.74) is 0.999. The smallest absolute Gasteiger partial charge is 0.244 e. The fraction of sp³-hybridized carbons (Fsp3) is 0.609. The van der Waals surface area contributed by atoms with Gasteiger partial charge in [-0.25, -0.2) is 0 Å². The number of likely N-dealkylation sites (tertiary alicyclic amines) is 1. The van der Waals surface area contributed by atoms with Gasteiger partial charge < -0.3 is 20.6 Å². The van der Waals surface area contributed by atoms with E-state index < -0.39 is 22.6 Å². The van der Waals surface area contributed by atoms with E-state index in [1.54, 1.807) is 23.7 Å². The molecule has 3 fully saturated rings. The largest absolute Gasteiger partial charge is 0.396 e. The third kappa shape index (κ3) is 3.96. The number of alkyl halides is 1. The molecule has 6 atom stereocenters. The quantitative estimate of drug-likeness (QED) is 0.337. The number of halogens is 1. The number of nitrogens with one attached hydrogen (secondary N) is 2. The Labute approximate surface area is 201 Å². The van der Waals surface area contributed by atoms with Gasteiger partial charge in [-0.15, -0.1) is 11.8 Å². The van der Waals surface area contributed by atoms with Crippen LogP contribution in [0.4, 0.5) is 0 Å². The second-order valence-corrected chi connectivity index (χ2v) is 11.5. The summed E-state index contributed by atoms with van der Waals surface area (Å²) in [6.45, 7) is 0.969. The van der Waals surface area contributed by atoms with Crippen LogP contribution in [0.3, 0.4) is 0 Å². The lowest BCUT2D eigenvalue weighted by molar-refractivity contribution is -0.139. The van der Waals surface area contributed by atoms with E-state index in [1.807, 2.05) is 30.3 Å². The first-order valence-electron chi connectivity index (χ1n) is 11.2. The van der Waals surface area contributed by atoms with Crippen molar-refractivity contribution in [2.75, 3.05) is 20.2 Å². The normalized spacial score (nSPS) is 32.8. The van der Waals surface area contributed by atoms with Gasteiger partial charge in [-0.05, 0) is 31.2 Å². The van der Waals surface area contributed by atoms with Crippen LogP contribution >= 0.6 is 27.7 Å². The Hall–Kier alpha value is -1.58. The summed E-state index contributed by atoms with van der Waals surface area (Å²) in [7, 11) is 1.60. The van der Waals surface area contributed by atoms with Crippen LogP contribution in [0, 0.1) is 11.8 Å². The van der Waals surface area contributed by atoms with Crippen molar-refractivity contribution < 1.29 is 19.5 Å². The molecule has 1 aromatic carbocycles. The van der Waals surface area contributed by atoms with Gasteiger partial charge in [-0.2, -0.15) is 0 Å². The third-order valence-electron chi connectivity index (χ3n) is 6.95. The van der Waals surface area contributed by atoms with Crippen LogP contribution in [0.25, 0.3) is 0 Å². The molecular formula is C23H30BrN3O4S. The molecule has 32 heavy (non-hydrogen) atoms. The highest BCUT2D eigenvalue weighted by atomic mass is 79.9. The molecular weight excluding hydrogens is 494 g/mol. The highest BCUT2D eigenvalue weighted by Crippen LogP contribution is 2.67. The lowest BCUT2D eigenvalue weighted by Gasteiger charge is -2.35. The molecule has 3 heterocycles. The topological polar surface area (TPSA) is 98.7 Å². The van der Waals surface area contributed by atoms with E-state index in [0.29, 0.717) is 32.4 Å². The number of aliphatic hydroxyl groups excluding tert-OH is 1.